The van der Waals surface area contributed by atoms with Crippen molar-refractivity contribution in [3.05, 3.63) is 35.4 Å². The highest BCUT2D eigenvalue weighted by molar-refractivity contribution is 5.23. The predicted octanol–water partition coefficient (Wildman–Crippen LogP) is 2.88. The van der Waals surface area contributed by atoms with E-state index in [9.17, 15) is 8.78 Å². The van der Waals surface area contributed by atoms with Gasteiger partial charge >= 0.3 is 0 Å². The van der Waals surface area contributed by atoms with E-state index in [0.717, 1.165) is 18.2 Å². The van der Waals surface area contributed by atoms with Gasteiger partial charge in [0.05, 0.1) is 12.1 Å². The molecule has 0 N–H and O–H groups in total. The number of halogens is 2. The minimum atomic E-state index is -0.689. The maximum atomic E-state index is 12.9. The zero-order valence-corrected chi connectivity index (χ0v) is 7.87. The van der Waals surface area contributed by atoms with Crippen molar-refractivity contribution in [2.45, 2.75) is 18.8 Å². The molecule has 0 aliphatic heterocycles. The summed E-state index contributed by atoms with van der Waals surface area (Å²) in [5.74, 6) is -1.80. The maximum Gasteiger partial charge on any atom is 0.126 e. The zero-order valence-electron chi connectivity index (χ0n) is 7.87. The van der Waals surface area contributed by atoms with E-state index in [0.29, 0.717) is 5.56 Å². The molecule has 0 unspecified atom stereocenters. The van der Waals surface area contributed by atoms with Crippen LogP contribution in [0.4, 0.5) is 8.78 Å². The summed E-state index contributed by atoms with van der Waals surface area (Å²) in [5.41, 5.74) is 0.357. The van der Waals surface area contributed by atoms with Crippen molar-refractivity contribution in [2.75, 3.05) is 0 Å². The van der Waals surface area contributed by atoms with Crippen LogP contribution in [-0.4, -0.2) is 0 Å². The van der Waals surface area contributed by atoms with Gasteiger partial charge in [0.15, 0.2) is 0 Å². The Morgan fingerprint density at radius 1 is 1.00 bits per heavy atom. The van der Waals surface area contributed by atoms with Crippen LogP contribution in [0, 0.1) is 34.3 Å². The second kappa shape index (κ2) is 5.07. The molecule has 0 amide bonds. The Morgan fingerprint density at radius 3 is 1.87 bits per heavy atom. The minimum Gasteiger partial charge on any atom is -0.207 e. The molecule has 2 nitrogen and oxygen atoms in total. The second-order valence-electron chi connectivity index (χ2n) is 3.12. The maximum absolute atomic E-state index is 12.9. The average molecular weight is 206 g/mol. The number of hydrogen-bond donors (Lipinski definition) is 0. The molecule has 0 atom stereocenters. The van der Waals surface area contributed by atoms with Crippen molar-refractivity contribution in [3.8, 4) is 12.1 Å². The molecule has 0 heterocycles. The minimum absolute atomic E-state index is 0.0798. The molecule has 0 aliphatic carbocycles. The fraction of sp³-hybridized carbons (Fsp3) is 0.273. The molecule has 1 aromatic rings. The predicted molar refractivity (Wildman–Crippen MR) is 49.6 cm³/mol. The van der Waals surface area contributed by atoms with E-state index in [1.165, 1.54) is 0 Å². The number of rotatable bonds is 3. The normalized spacial score (nSPS) is 9.67. The summed E-state index contributed by atoms with van der Waals surface area (Å²) in [6.07, 6.45) is 0.160. The summed E-state index contributed by atoms with van der Waals surface area (Å²) in [6.45, 7) is 0. The van der Waals surface area contributed by atoms with Gasteiger partial charge in [0.2, 0.25) is 0 Å². The molecule has 0 spiro atoms. The third kappa shape index (κ3) is 3.03. The summed E-state index contributed by atoms with van der Waals surface area (Å²) < 4.78 is 25.7. The van der Waals surface area contributed by atoms with Crippen LogP contribution in [0.15, 0.2) is 18.2 Å². The zero-order chi connectivity index (χ0) is 11.3. The van der Waals surface area contributed by atoms with Gasteiger partial charge in [0, 0.05) is 24.8 Å². The third-order valence-electron chi connectivity index (χ3n) is 2.03. The summed E-state index contributed by atoms with van der Waals surface area (Å²) in [5, 5.41) is 17.0. The Morgan fingerprint density at radius 2 is 1.47 bits per heavy atom. The Kier molecular flexibility index (Phi) is 3.76. The molecule has 1 rings (SSSR count). The van der Waals surface area contributed by atoms with Crippen molar-refractivity contribution >= 4 is 0 Å². The molecule has 15 heavy (non-hydrogen) atoms. The number of benzene rings is 1. The van der Waals surface area contributed by atoms with E-state index in [-0.39, 0.29) is 12.8 Å². The van der Waals surface area contributed by atoms with Crippen LogP contribution in [0.5, 0.6) is 0 Å². The van der Waals surface area contributed by atoms with E-state index in [1.54, 1.807) is 0 Å². The Bertz CT molecular complexity index is 393. The highest BCUT2D eigenvalue weighted by atomic mass is 19.1. The van der Waals surface area contributed by atoms with Crippen LogP contribution in [0.25, 0.3) is 0 Å². The van der Waals surface area contributed by atoms with Crippen LogP contribution in [0.1, 0.15) is 24.3 Å². The summed E-state index contributed by atoms with van der Waals surface area (Å²) in [4.78, 5) is 0. The van der Waals surface area contributed by atoms with Crippen LogP contribution in [-0.2, 0) is 0 Å². The van der Waals surface area contributed by atoms with Crippen LogP contribution in [0.2, 0.25) is 0 Å². The lowest BCUT2D eigenvalue weighted by Gasteiger charge is -2.09. The van der Waals surface area contributed by atoms with Crippen LogP contribution < -0.4 is 0 Å². The topological polar surface area (TPSA) is 47.6 Å². The van der Waals surface area contributed by atoms with Crippen molar-refractivity contribution < 1.29 is 8.78 Å². The summed E-state index contributed by atoms with van der Waals surface area (Å²) in [6, 6.07) is 6.86. The summed E-state index contributed by atoms with van der Waals surface area (Å²) in [7, 11) is 0. The van der Waals surface area contributed by atoms with Gasteiger partial charge in [-0.3, -0.25) is 0 Å². The van der Waals surface area contributed by atoms with Gasteiger partial charge in [-0.2, -0.15) is 10.5 Å². The smallest absolute Gasteiger partial charge is 0.126 e. The largest absolute Gasteiger partial charge is 0.207 e. The molecule has 1 aromatic carbocycles. The van der Waals surface area contributed by atoms with Crippen molar-refractivity contribution in [2.24, 2.45) is 0 Å². The molecule has 0 bridgehead atoms. The standard InChI is InChI=1S/C11H8F2N2/c12-10-5-9(6-11(13)7-10)8(1-3-14)2-4-15/h5-8H,1-2H2. The lowest BCUT2D eigenvalue weighted by atomic mass is 9.93. The molecule has 0 saturated heterocycles. The summed E-state index contributed by atoms with van der Waals surface area (Å²) >= 11 is 0. The molecular weight excluding hydrogens is 198 g/mol. The molecule has 0 fully saturated rings. The molecule has 0 radical (unpaired) electrons. The Balaban J connectivity index is 3.01. The van der Waals surface area contributed by atoms with E-state index < -0.39 is 17.6 Å². The van der Waals surface area contributed by atoms with Crippen LogP contribution >= 0.6 is 0 Å². The van der Waals surface area contributed by atoms with Gasteiger partial charge in [-0.1, -0.05) is 0 Å². The highest BCUT2D eigenvalue weighted by Crippen LogP contribution is 2.24. The van der Waals surface area contributed by atoms with Crippen LogP contribution in [0.3, 0.4) is 0 Å². The van der Waals surface area contributed by atoms with Gasteiger partial charge in [0.25, 0.3) is 0 Å². The first kappa shape index (κ1) is 11.1. The van der Waals surface area contributed by atoms with E-state index in [4.69, 9.17) is 10.5 Å². The second-order valence-corrected chi connectivity index (χ2v) is 3.12. The quantitative estimate of drug-likeness (QED) is 0.763. The lowest BCUT2D eigenvalue weighted by molar-refractivity contribution is 0.573. The van der Waals surface area contributed by atoms with Gasteiger partial charge in [-0.15, -0.1) is 0 Å². The van der Waals surface area contributed by atoms with Gasteiger partial charge in [-0.25, -0.2) is 8.78 Å². The Labute approximate surface area is 86.4 Å². The van der Waals surface area contributed by atoms with Gasteiger partial charge in [0.1, 0.15) is 11.6 Å². The van der Waals surface area contributed by atoms with E-state index >= 15 is 0 Å². The monoisotopic (exact) mass is 206 g/mol. The average Bonchev–Trinajstić information content (AvgIpc) is 2.16. The Hall–Kier alpha value is -1.94. The first-order valence-electron chi connectivity index (χ1n) is 4.37. The fourth-order valence-electron chi connectivity index (χ4n) is 1.34. The van der Waals surface area contributed by atoms with Gasteiger partial charge < -0.3 is 0 Å². The molecule has 0 aromatic heterocycles. The van der Waals surface area contributed by atoms with Crippen molar-refractivity contribution in [1.82, 2.24) is 0 Å². The first-order valence-corrected chi connectivity index (χ1v) is 4.37. The SMILES string of the molecule is N#CCC(CC#N)c1cc(F)cc(F)c1. The van der Waals surface area contributed by atoms with E-state index in [2.05, 4.69) is 0 Å². The molecule has 4 heteroatoms. The molecule has 0 aliphatic rings. The van der Waals surface area contributed by atoms with E-state index in [1.807, 2.05) is 12.1 Å². The van der Waals surface area contributed by atoms with Gasteiger partial charge in [-0.05, 0) is 17.7 Å². The lowest BCUT2D eigenvalue weighted by Crippen LogP contribution is -1.98. The molecule has 0 saturated carbocycles. The first-order chi connectivity index (χ1) is 7.17. The molecular formula is C11H8F2N2. The fourth-order valence-corrected chi connectivity index (χ4v) is 1.34. The third-order valence-corrected chi connectivity index (χ3v) is 2.03. The van der Waals surface area contributed by atoms with Crippen molar-refractivity contribution in [1.29, 1.82) is 10.5 Å². The number of nitrogens with zero attached hydrogens (tertiary/aromatic N) is 2. The molecule has 76 valence electrons. The number of hydrogen-bond acceptors (Lipinski definition) is 2. The number of nitriles is 2. The van der Waals surface area contributed by atoms with Crippen molar-refractivity contribution in [3.63, 3.8) is 0 Å². The highest BCUT2D eigenvalue weighted by Gasteiger charge is 2.13.